The lowest BCUT2D eigenvalue weighted by Crippen LogP contribution is -2.51. The Bertz CT molecular complexity index is 1320. The molecule has 2 aliphatic rings. The molecule has 0 aromatic heterocycles. The minimum atomic E-state index is -4.96. The highest BCUT2D eigenvalue weighted by Crippen LogP contribution is 2.36. The van der Waals surface area contributed by atoms with Crippen molar-refractivity contribution in [2.75, 3.05) is 59.0 Å². The van der Waals surface area contributed by atoms with E-state index in [-0.39, 0.29) is 24.1 Å². The van der Waals surface area contributed by atoms with Gasteiger partial charge >= 0.3 is 12.4 Å². The first-order chi connectivity index (χ1) is 21.1. The Balaban J connectivity index is 1.36. The average Bonchev–Trinajstić information content (AvgIpc) is 3.41. The number of nitrogens with zero attached hydrogens (tertiary/aromatic N) is 3. The van der Waals surface area contributed by atoms with Crippen molar-refractivity contribution in [1.29, 1.82) is 0 Å². The van der Waals surface area contributed by atoms with E-state index in [4.69, 9.17) is 33.3 Å². The molecule has 2 heterocycles. The normalized spacial score (nSPS) is 19.2. The summed E-state index contributed by atoms with van der Waals surface area (Å²) in [5.74, 6) is -0.393. The number of aliphatic hydroxyl groups is 1. The number of ether oxygens (including phenoxy) is 1. The zero-order valence-corrected chi connectivity index (χ0v) is 25.8. The highest BCUT2D eigenvalue weighted by Gasteiger charge is 2.37. The second-order valence-electron chi connectivity index (χ2n) is 11.4. The molecule has 45 heavy (non-hydrogen) atoms. The fraction of sp³-hybridized carbons (Fsp3) is 0.533. The Morgan fingerprint density at radius 3 is 2.11 bits per heavy atom. The number of carbonyl (C=O) groups excluding carboxylic acids is 1. The third-order valence-corrected chi connectivity index (χ3v) is 8.79. The summed E-state index contributed by atoms with van der Waals surface area (Å²) in [7, 11) is 0. The average molecular weight is 685 g/mol. The van der Waals surface area contributed by atoms with E-state index in [9.17, 15) is 36.2 Å². The summed E-state index contributed by atoms with van der Waals surface area (Å²) >= 11 is 12.3. The second-order valence-corrected chi connectivity index (χ2v) is 12.2. The van der Waals surface area contributed by atoms with Crippen molar-refractivity contribution in [2.45, 2.75) is 43.8 Å². The van der Waals surface area contributed by atoms with Crippen molar-refractivity contribution in [2.24, 2.45) is 0 Å². The van der Waals surface area contributed by atoms with Gasteiger partial charge in [-0.05, 0) is 60.8 Å². The number of benzene rings is 2. The second kappa shape index (κ2) is 15.0. The first-order valence-electron chi connectivity index (χ1n) is 14.4. The van der Waals surface area contributed by atoms with Gasteiger partial charge in [-0.3, -0.25) is 15.1 Å². The van der Waals surface area contributed by atoms with E-state index in [1.807, 2.05) is 0 Å². The highest BCUT2D eigenvalue weighted by atomic mass is 35.5. The zero-order chi connectivity index (χ0) is 32.9. The number of alkyl halides is 6. The van der Waals surface area contributed by atoms with Gasteiger partial charge in [0, 0.05) is 39.3 Å². The number of halogens is 8. The molecule has 3 N–H and O–H groups in total. The maximum Gasteiger partial charge on any atom is 0.416 e. The van der Waals surface area contributed by atoms with Crippen LogP contribution in [-0.2, 0) is 28.5 Å². The number of likely N-dealkylation sites (tertiary alicyclic amines) is 1. The van der Waals surface area contributed by atoms with Crippen molar-refractivity contribution >= 4 is 34.8 Å². The third-order valence-electron chi connectivity index (χ3n) is 8.05. The van der Waals surface area contributed by atoms with Crippen LogP contribution >= 0.6 is 23.2 Å². The molecule has 0 saturated carbocycles. The van der Waals surface area contributed by atoms with Crippen molar-refractivity contribution in [3.05, 3.63) is 68.7 Å². The molecule has 248 valence electrons. The maximum absolute atomic E-state index is 13.2. The van der Waals surface area contributed by atoms with Gasteiger partial charge in [0.15, 0.2) is 5.71 Å². The number of piperazine rings is 1. The van der Waals surface area contributed by atoms with Crippen LogP contribution in [0.15, 0.2) is 36.4 Å². The summed E-state index contributed by atoms with van der Waals surface area (Å²) < 4.78 is 85.0. The Morgan fingerprint density at radius 2 is 1.56 bits per heavy atom. The molecule has 2 fully saturated rings. The summed E-state index contributed by atoms with van der Waals surface area (Å²) in [4.78, 5) is 18.5. The van der Waals surface area contributed by atoms with E-state index < -0.39 is 42.1 Å². The van der Waals surface area contributed by atoms with Crippen molar-refractivity contribution in [3.63, 3.8) is 0 Å². The summed E-state index contributed by atoms with van der Waals surface area (Å²) in [6, 6.07) is 6.38. The summed E-state index contributed by atoms with van der Waals surface area (Å²) in [5.41, 5.74) is -2.05. The van der Waals surface area contributed by atoms with E-state index >= 15 is 0 Å². The molecule has 1 amide bonds. The lowest BCUT2D eigenvalue weighted by molar-refractivity contribution is -0.143. The molecular formula is C30H35Cl2F6N4O3+. The molecule has 0 bridgehead atoms. The summed E-state index contributed by atoms with van der Waals surface area (Å²) in [5, 5.41) is 16.8. The van der Waals surface area contributed by atoms with Crippen LogP contribution < -0.4 is 5.41 Å². The molecule has 2 aromatic carbocycles. The quantitative estimate of drug-likeness (QED) is 0.275. The van der Waals surface area contributed by atoms with Gasteiger partial charge in [-0.25, -0.2) is 0 Å². The van der Waals surface area contributed by atoms with Gasteiger partial charge in [-0.15, -0.1) is 0 Å². The van der Waals surface area contributed by atoms with E-state index in [0.29, 0.717) is 93.1 Å². The smallest absolute Gasteiger partial charge is 0.391 e. The summed E-state index contributed by atoms with van der Waals surface area (Å²) in [6.45, 7) is 3.88. The van der Waals surface area contributed by atoms with E-state index in [0.717, 1.165) is 5.56 Å². The number of rotatable bonds is 11. The molecule has 0 radical (unpaired) electrons. The Kier molecular flexibility index (Phi) is 11.8. The van der Waals surface area contributed by atoms with Crippen LogP contribution in [0.1, 0.15) is 41.0 Å². The predicted octanol–water partition coefficient (Wildman–Crippen LogP) is 4.13. The molecule has 2 unspecified atom stereocenters. The van der Waals surface area contributed by atoms with Crippen molar-refractivity contribution in [1.82, 2.24) is 14.7 Å². The fourth-order valence-electron chi connectivity index (χ4n) is 5.53. The Hall–Kier alpha value is -2.42. The van der Waals surface area contributed by atoms with Gasteiger partial charge in [0.25, 0.3) is 0 Å². The molecule has 2 atom stereocenters. The monoisotopic (exact) mass is 683 g/mol. The van der Waals surface area contributed by atoms with Gasteiger partial charge in [0.05, 0.1) is 46.3 Å². The highest BCUT2D eigenvalue weighted by molar-refractivity contribution is 6.42. The number of amides is 1. The first kappa shape index (κ1) is 35.4. The lowest BCUT2D eigenvalue weighted by Gasteiger charge is -2.35. The predicted molar refractivity (Wildman–Crippen MR) is 157 cm³/mol. The molecular weight excluding hydrogens is 649 g/mol. The van der Waals surface area contributed by atoms with Gasteiger partial charge in [-0.2, -0.15) is 26.3 Å². The van der Waals surface area contributed by atoms with Crippen LogP contribution in [0.25, 0.3) is 0 Å². The maximum atomic E-state index is 13.2. The van der Waals surface area contributed by atoms with Gasteiger partial charge in [0.2, 0.25) is 5.91 Å². The SMILES string of the molecule is [NH2+]=C(COCc1cc(C(F)(F)F)cc(C(F)(F)F)c1)C(CCN1CCN(CC(=O)N2CCC(O)C2)CC1)c1ccc(Cl)c(Cl)c1. The van der Waals surface area contributed by atoms with Crippen LogP contribution in [-0.4, -0.2) is 96.5 Å². The zero-order valence-electron chi connectivity index (χ0n) is 24.3. The van der Waals surface area contributed by atoms with Crippen LogP contribution in [0.2, 0.25) is 10.0 Å². The number of hydrogen-bond acceptors (Lipinski definition) is 5. The molecule has 15 heteroatoms. The van der Waals surface area contributed by atoms with Crippen molar-refractivity contribution < 1.29 is 46.4 Å². The van der Waals surface area contributed by atoms with E-state index in [2.05, 4.69) is 9.80 Å². The standard InChI is InChI=1S/C30H34Cl2F6N4O3/c31-25-2-1-20(13-26(25)32)24(4-5-40-7-9-41(10-8-40)16-28(44)42-6-3-23(43)15-42)27(39)18-45-17-19-11-21(29(33,34)35)14-22(12-19)30(36,37)38/h1-2,11-14,23-24,39,43H,3-10,15-18H2/p+1. The Labute approximate surface area is 267 Å². The number of β-amino-alcohol motifs (C(OH)–C–C–N with tert-alkyl or cyclic N) is 1. The lowest BCUT2D eigenvalue weighted by atomic mass is 9.91. The van der Waals surface area contributed by atoms with Gasteiger partial charge in [-0.1, -0.05) is 29.3 Å². The molecule has 2 aromatic rings. The van der Waals surface area contributed by atoms with E-state index in [1.165, 1.54) is 0 Å². The molecule has 2 saturated heterocycles. The summed E-state index contributed by atoms with van der Waals surface area (Å²) in [6.07, 6.45) is -9.27. The molecule has 0 spiro atoms. The Morgan fingerprint density at radius 1 is 0.933 bits per heavy atom. The van der Waals surface area contributed by atoms with Crippen LogP contribution in [0.3, 0.4) is 0 Å². The number of nitrogens with two attached hydrogens (primary N) is 1. The number of hydrogen-bond donors (Lipinski definition) is 2. The molecule has 4 rings (SSSR count). The first-order valence-corrected chi connectivity index (χ1v) is 15.2. The van der Waals surface area contributed by atoms with Crippen LogP contribution in [0.4, 0.5) is 26.3 Å². The third kappa shape index (κ3) is 10.0. The molecule has 2 aliphatic heterocycles. The van der Waals surface area contributed by atoms with E-state index in [1.54, 1.807) is 23.1 Å². The van der Waals surface area contributed by atoms with Crippen LogP contribution in [0.5, 0.6) is 0 Å². The minimum Gasteiger partial charge on any atom is -0.391 e. The van der Waals surface area contributed by atoms with Crippen molar-refractivity contribution in [3.8, 4) is 0 Å². The largest absolute Gasteiger partial charge is 0.416 e. The molecule has 7 nitrogen and oxygen atoms in total. The van der Waals surface area contributed by atoms with Gasteiger partial charge < -0.3 is 19.6 Å². The topological polar surface area (TPSA) is 81.8 Å². The number of carbonyl (C=O) groups is 1. The van der Waals surface area contributed by atoms with Gasteiger partial charge in [0.1, 0.15) is 6.61 Å². The minimum absolute atomic E-state index is 0.00168. The number of aliphatic hydroxyl groups excluding tert-OH is 1. The molecule has 0 aliphatic carbocycles. The van der Waals surface area contributed by atoms with Crippen LogP contribution in [0, 0.1) is 0 Å². The fourth-order valence-corrected chi connectivity index (χ4v) is 5.83.